The topological polar surface area (TPSA) is 49.3 Å². The first-order valence-corrected chi connectivity index (χ1v) is 7.57. The number of benzene rings is 2. The molecule has 1 unspecified atom stereocenters. The van der Waals surface area contributed by atoms with Crippen molar-refractivity contribution < 1.29 is 9.90 Å². The Bertz CT molecular complexity index is 644. The molecule has 0 aromatic heterocycles. The number of carboxylic acid groups (broad SMARTS) is 1. The standard InChI is InChI=1S/C15H13Br2NO2/c1-9-5-6-10(7-13(9)17)14(15(19)20)18-12-4-2-3-11(16)8-12/h2-8,14,18H,1H3,(H,19,20). The third-order valence-corrected chi connectivity index (χ3v) is 4.26. The third-order valence-electron chi connectivity index (χ3n) is 2.91. The predicted molar refractivity (Wildman–Crippen MR) is 87.0 cm³/mol. The van der Waals surface area contributed by atoms with Crippen LogP contribution in [0.15, 0.2) is 51.4 Å². The molecule has 2 rings (SSSR count). The number of nitrogens with one attached hydrogen (secondary N) is 1. The molecular formula is C15H13Br2NO2. The highest BCUT2D eigenvalue weighted by Crippen LogP contribution is 2.26. The van der Waals surface area contributed by atoms with E-state index in [2.05, 4.69) is 37.2 Å². The molecule has 2 N–H and O–H groups in total. The first-order chi connectivity index (χ1) is 9.47. The van der Waals surface area contributed by atoms with Gasteiger partial charge in [0, 0.05) is 14.6 Å². The number of aryl methyl sites for hydroxylation is 1. The Hall–Kier alpha value is -1.33. The van der Waals surface area contributed by atoms with E-state index in [0.29, 0.717) is 5.56 Å². The van der Waals surface area contributed by atoms with E-state index in [9.17, 15) is 9.90 Å². The van der Waals surface area contributed by atoms with Gasteiger partial charge in [0.15, 0.2) is 6.04 Å². The Balaban J connectivity index is 2.32. The van der Waals surface area contributed by atoms with Crippen LogP contribution >= 0.6 is 31.9 Å². The number of carboxylic acids is 1. The molecule has 1 atom stereocenters. The van der Waals surface area contributed by atoms with Gasteiger partial charge in [-0.25, -0.2) is 4.79 Å². The summed E-state index contributed by atoms with van der Waals surface area (Å²) in [6.07, 6.45) is 0. The van der Waals surface area contributed by atoms with Crippen LogP contribution in [0, 0.1) is 6.92 Å². The van der Waals surface area contributed by atoms with Gasteiger partial charge in [0.05, 0.1) is 0 Å². The van der Waals surface area contributed by atoms with Crippen molar-refractivity contribution in [3.63, 3.8) is 0 Å². The normalized spacial score (nSPS) is 11.9. The number of halogens is 2. The minimum absolute atomic E-state index is 0.704. The molecule has 104 valence electrons. The van der Waals surface area contributed by atoms with Gasteiger partial charge in [-0.15, -0.1) is 0 Å². The molecule has 0 spiro atoms. The molecule has 0 aliphatic heterocycles. The van der Waals surface area contributed by atoms with Crippen LogP contribution in [0.5, 0.6) is 0 Å². The fourth-order valence-corrected chi connectivity index (χ4v) is 2.62. The molecule has 0 saturated heterocycles. The van der Waals surface area contributed by atoms with E-state index in [1.165, 1.54) is 0 Å². The van der Waals surface area contributed by atoms with Crippen molar-refractivity contribution in [2.45, 2.75) is 13.0 Å². The van der Waals surface area contributed by atoms with Gasteiger partial charge in [0.2, 0.25) is 0 Å². The number of hydrogen-bond donors (Lipinski definition) is 2. The van der Waals surface area contributed by atoms with E-state index in [1.54, 1.807) is 0 Å². The molecule has 20 heavy (non-hydrogen) atoms. The maximum Gasteiger partial charge on any atom is 0.330 e. The number of carbonyl (C=O) groups is 1. The smallest absolute Gasteiger partial charge is 0.330 e. The highest BCUT2D eigenvalue weighted by molar-refractivity contribution is 9.10. The van der Waals surface area contributed by atoms with Gasteiger partial charge in [0.25, 0.3) is 0 Å². The van der Waals surface area contributed by atoms with Gasteiger partial charge in [0.1, 0.15) is 0 Å². The van der Waals surface area contributed by atoms with E-state index in [0.717, 1.165) is 20.2 Å². The molecule has 2 aromatic rings. The van der Waals surface area contributed by atoms with Crippen LogP contribution in [0.25, 0.3) is 0 Å². The zero-order chi connectivity index (χ0) is 14.7. The van der Waals surface area contributed by atoms with Crippen molar-refractivity contribution in [1.82, 2.24) is 0 Å². The Morgan fingerprint density at radius 3 is 2.55 bits per heavy atom. The van der Waals surface area contributed by atoms with E-state index in [4.69, 9.17) is 0 Å². The Morgan fingerprint density at radius 2 is 1.95 bits per heavy atom. The molecule has 0 amide bonds. The Morgan fingerprint density at radius 1 is 1.20 bits per heavy atom. The molecule has 0 radical (unpaired) electrons. The quantitative estimate of drug-likeness (QED) is 0.780. The van der Waals surface area contributed by atoms with Gasteiger partial charge < -0.3 is 10.4 Å². The second-order valence-corrected chi connectivity index (χ2v) is 6.20. The maximum absolute atomic E-state index is 11.5. The summed E-state index contributed by atoms with van der Waals surface area (Å²) in [4.78, 5) is 11.5. The lowest BCUT2D eigenvalue weighted by Crippen LogP contribution is -2.20. The van der Waals surface area contributed by atoms with Crippen LogP contribution in [0.3, 0.4) is 0 Å². The number of rotatable bonds is 4. The lowest BCUT2D eigenvalue weighted by Gasteiger charge is -2.17. The minimum Gasteiger partial charge on any atom is -0.479 e. The SMILES string of the molecule is Cc1ccc(C(Nc2cccc(Br)c2)C(=O)O)cc1Br. The van der Waals surface area contributed by atoms with Gasteiger partial charge in [-0.2, -0.15) is 0 Å². The molecule has 0 aliphatic rings. The van der Waals surface area contributed by atoms with Crippen LogP contribution in [-0.2, 0) is 4.79 Å². The van der Waals surface area contributed by atoms with Gasteiger partial charge in [-0.1, -0.05) is 50.1 Å². The number of hydrogen-bond acceptors (Lipinski definition) is 2. The van der Waals surface area contributed by atoms with Crippen molar-refractivity contribution in [3.8, 4) is 0 Å². The van der Waals surface area contributed by atoms with Gasteiger partial charge >= 0.3 is 5.97 Å². The molecule has 0 heterocycles. The van der Waals surface area contributed by atoms with Crippen LogP contribution in [0.4, 0.5) is 5.69 Å². The second-order valence-electron chi connectivity index (χ2n) is 4.43. The van der Waals surface area contributed by atoms with Gasteiger partial charge in [-0.3, -0.25) is 0 Å². The van der Waals surface area contributed by atoms with Crippen LogP contribution in [0.1, 0.15) is 17.2 Å². The number of anilines is 1. The fraction of sp³-hybridized carbons (Fsp3) is 0.133. The summed E-state index contributed by atoms with van der Waals surface area (Å²) in [6.45, 7) is 1.96. The summed E-state index contributed by atoms with van der Waals surface area (Å²) in [6, 6.07) is 12.2. The van der Waals surface area contributed by atoms with Crippen molar-refractivity contribution in [2.75, 3.05) is 5.32 Å². The van der Waals surface area contributed by atoms with E-state index in [-0.39, 0.29) is 0 Å². The van der Waals surface area contributed by atoms with Crippen LogP contribution in [0.2, 0.25) is 0 Å². The molecule has 0 aliphatic carbocycles. The van der Waals surface area contributed by atoms with Crippen molar-refractivity contribution in [1.29, 1.82) is 0 Å². The summed E-state index contributed by atoms with van der Waals surface area (Å²) >= 11 is 6.80. The van der Waals surface area contributed by atoms with Crippen LogP contribution < -0.4 is 5.32 Å². The third kappa shape index (κ3) is 3.61. The summed E-state index contributed by atoms with van der Waals surface area (Å²) in [5.41, 5.74) is 2.53. The summed E-state index contributed by atoms with van der Waals surface area (Å²) in [7, 11) is 0. The molecule has 0 fully saturated rings. The Labute approximate surface area is 134 Å². The first kappa shape index (κ1) is 15.1. The predicted octanol–water partition coefficient (Wildman–Crippen LogP) is 4.76. The highest BCUT2D eigenvalue weighted by atomic mass is 79.9. The zero-order valence-corrected chi connectivity index (χ0v) is 13.9. The average Bonchev–Trinajstić information content (AvgIpc) is 2.39. The van der Waals surface area contributed by atoms with Crippen LogP contribution in [-0.4, -0.2) is 11.1 Å². The molecule has 2 aromatic carbocycles. The molecule has 5 heteroatoms. The highest BCUT2D eigenvalue weighted by Gasteiger charge is 2.20. The monoisotopic (exact) mass is 397 g/mol. The Kier molecular flexibility index (Phi) is 4.83. The fourth-order valence-electron chi connectivity index (χ4n) is 1.82. The number of aliphatic carboxylic acids is 1. The molecule has 0 saturated carbocycles. The molecule has 3 nitrogen and oxygen atoms in total. The van der Waals surface area contributed by atoms with Gasteiger partial charge in [-0.05, 0) is 42.3 Å². The van der Waals surface area contributed by atoms with E-state index in [1.807, 2.05) is 49.4 Å². The lowest BCUT2D eigenvalue weighted by molar-refractivity contribution is -0.138. The van der Waals surface area contributed by atoms with E-state index >= 15 is 0 Å². The minimum atomic E-state index is -0.916. The van der Waals surface area contributed by atoms with Crippen molar-refractivity contribution in [2.24, 2.45) is 0 Å². The van der Waals surface area contributed by atoms with Crippen molar-refractivity contribution in [3.05, 3.63) is 62.5 Å². The second kappa shape index (κ2) is 6.41. The summed E-state index contributed by atoms with van der Waals surface area (Å²) in [5.74, 6) is -0.916. The first-order valence-electron chi connectivity index (χ1n) is 5.98. The van der Waals surface area contributed by atoms with E-state index < -0.39 is 12.0 Å². The molecular weight excluding hydrogens is 386 g/mol. The zero-order valence-electron chi connectivity index (χ0n) is 10.7. The largest absolute Gasteiger partial charge is 0.479 e. The lowest BCUT2D eigenvalue weighted by atomic mass is 10.0. The maximum atomic E-state index is 11.5. The average molecular weight is 399 g/mol. The molecule has 0 bridgehead atoms. The summed E-state index contributed by atoms with van der Waals surface area (Å²) in [5, 5.41) is 12.5. The summed E-state index contributed by atoms with van der Waals surface area (Å²) < 4.78 is 1.80. The van der Waals surface area contributed by atoms with Crippen molar-refractivity contribution >= 4 is 43.5 Å².